The Morgan fingerprint density at radius 3 is 2.50 bits per heavy atom. The molecule has 0 aliphatic heterocycles. The number of amides is 1. The highest BCUT2D eigenvalue weighted by atomic mass is 16.6. The molecular weight excluding hydrogens is 304 g/mol. The van der Waals surface area contributed by atoms with E-state index >= 15 is 0 Å². The van der Waals surface area contributed by atoms with Crippen LogP contribution >= 0.6 is 0 Å². The number of benzene rings is 1. The predicted molar refractivity (Wildman–Crippen MR) is 98.2 cm³/mol. The Morgan fingerprint density at radius 2 is 1.92 bits per heavy atom. The quantitative estimate of drug-likeness (QED) is 0.752. The van der Waals surface area contributed by atoms with Crippen molar-refractivity contribution in [2.24, 2.45) is 11.8 Å². The van der Waals surface area contributed by atoms with Crippen molar-refractivity contribution in [3.05, 3.63) is 29.8 Å². The summed E-state index contributed by atoms with van der Waals surface area (Å²) in [6, 6.07) is 8.18. The van der Waals surface area contributed by atoms with Gasteiger partial charge < -0.3 is 20.1 Å². The topological polar surface area (TPSA) is 59.6 Å². The second-order valence-electron chi connectivity index (χ2n) is 7.40. The third-order valence-corrected chi connectivity index (χ3v) is 3.66. The van der Waals surface area contributed by atoms with Crippen LogP contribution in [-0.2, 0) is 16.1 Å². The Morgan fingerprint density at radius 1 is 1.21 bits per heavy atom. The Labute approximate surface area is 146 Å². The smallest absolute Gasteiger partial charge is 0.407 e. The van der Waals surface area contributed by atoms with Gasteiger partial charge in [-0.15, -0.1) is 0 Å². The number of hydrogen-bond acceptors (Lipinski definition) is 4. The van der Waals surface area contributed by atoms with Gasteiger partial charge in [-0.3, -0.25) is 0 Å². The average molecular weight is 336 g/mol. The minimum absolute atomic E-state index is 0.309. The second kappa shape index (κ2) is 9.52. The number of anilines is 1. The van der Waals surface area contributed by atoms with Gasteiger partial charge in [0.05, 0.1) is 6.61 Å². The summed E-state index contributed by atoms with van der Waals surface area (Å²) in [5.41, 5.74) is 1.72. The zero-order chi connectivity index (χ0) is 18.2. The van der Waals surface area contributed by atoms with Crippen LogP contribution in [0.5, 0.6) is 0 Å². The molecule has 1 aromatic rings. The first-order valence-electron chi connectivity index (χ1n) is 8.50. The molecule has 136 valence electrons. The highest BCUT2D eigenvalue weighted by molar-refractivity contribution is 5.67. The minimum Gasteiger partial charge on any atom is -0.444 e. The molecule has 2 N–H and O–H groups in total. The molecule has 1 atom stereocenters. The Kier molecular flexibility index (Phi) is 8.05. The second-order valence-corrected chi connectivity index (χ2v) is 7.40. The van der Waals surface area contributed by atoms with E-state index in [4.69, 9.17) is 9.47 Å². The first-order chi connectivity index (χ1) is 11.2. The summed E-state index contributed by atoms with van der Waals surface area (Å²) in [5.74, 6) is 0.748. The van der Waals surface area contributed by atoms with Crippen LogP contribution in [0.2, 0.25) is 0 Å². The summed E-state index contributed by atoms with van der Waals surface area (Å²) < 4.78 is 10.5. The number of carbonyl (C=O) groups excluding carboxylic acids is 1. The van der Waals surface area contributed by atoms with Crippen LogP contribution < -0.4 is 10.6 Å². The van der Waals surface area contributed by atoms with Crippen molar-refractivity contribution in [1.82, 2.24) is 5.32 Å². The van der Waals surface area contributed by atoms with Crippen molar-refractivity contribution in [3.8, 4) is 0 Å². The Bertz CT molecular complexity index is 510. The monoisotopic (exact) mass is 336 g/mol. The molecule has 1 amide bonds. The number of alkyl carbamates (subject to hydrolysis) is 1. The Hall–Kier alpha value is -1.75. The van der Waals surface area contributed by atoms with Crippen LogP contribution in [-0.4, -0.2) is 31.9 Å². The van der Waals surface area contributed by atoms with Gasteiger partial charge >= 0.3 is 6.09 Å². The fourth-order valence-electron chi connectivity index (χ4n) is 2.26. The molecule has 1 unspecified atom stereocenters. The Balaban J connectivity index is 2.51. The number of methoxy groups -OCH3 is 1. The molecule has 1 rings (SSSR count). The van der Waals surface area contributed by atoms with Crippen molar-refractivity contribution in [2.45, 2.75) is 46.8 Å². The van der Waals surface area contributed by atoms with Gasteiger partial charge in [0, 0.05) is 25.9 Å². The van der Waals surface area contributed by atoms with Crippen LogP contribution in [0.15, 0.2) is 24.3 Å². The van der Waals surface area contributed by atoms with Gasteiger partial charge in [0.15, 0.2) is 0 Å². The van der Waals surface area contributed by atoms with Gasteiger partial charge in [-0.05, 0) is 50.3 Å². The average Bonchev–Trinajstić information content (AvgIpc) is 2.45. The lowest BCUT2D eigenvalue weighted by molar-refractivity contribution is 0.0516. The molecule has 0 saturated heterocycles. The van der Waals surface area contributed by atoms with Gasteiger partial charge in [-0.1, -0.05) is 26.0 Å². The van der Waals surface area contributed by atoms with E-state index in [0.29, 0.717) is 25.0 Å². The molecule has 0 bridgehead atoms. The molecule has 5 nitrogen and oxygen atoms in total. The fraction of sp³-hybridized carbons (Fsp3) is 0.632. The number of hydrogen-bond donors (Lipinski definition) is 2. The molecule has 0 heterocycles. The summed E-state index contributed by atoms with van der Waals surface area (Å²) in [4.78, 5) is 11.8. The van der Waals surface area contributed by atoms with Gasteiger partial charge in [-0.25, -0.2) is 4.79 Å². The van der Waals surface area contributed by atoms with E-state index in [1.807, 2.05) is 39.0 Å². The van der Waals surface area contributed by atoms with Crippen LogP contribution in [0.4, 0.5) is 10.5 Å². The van der Waals surface area contributed by atoms with Crippen molar-refractivity contribution in [2.75, 3.05) is 25.5 Å². The highest BCUT2D eigenvalue weighted by Gasteiger charge is 2.19. The van der Waals surface area contributed by atoms with Gasteiger partial charge in [0.1, 0.15) is 5.60 Å². The van der Waals surface area contributed by atoms with E-state index in [0.717, 1.165) is 17.8 Å². The lowest BCUT2D eigenvalue weighted by Gasteiger charge is -2.24. The molecule has 5 heteroatoms. The van der Waals surface area contributed by atoms with Crippen LogP contribution in [0.25, 0.3) is 0 Å². The molecule has 0 aliphatic rings. The maximum Gasteiger partial charge on any atom is 0.407 e. The molecule has 0 fully saturated rings. The van der Waals surface area contributed by atoms with E-state index < -0.39 is 5.60 Å². The summed E-state index contributed by atoms with van der Waals surface area (Å²) in [7, 11) is 1.69. The zero-order valence-corrected chi connectivity index (χ0v) is 15.8. The molecule has 1 aromatic carbocycles. The summed E-state index contributed by atoms with van der Waals surface area (Å²) in [6.07, 6.45) is -0.366. The molecule has 0 radical (unpaired) electrons. The van der Waals surface area contributed by atoms with Crippen molar-refractivity contribution >= 4 is 11.8 Å². The largest absolute Gasteiger partial charge is 0.444 e. The summed E-state index contributed by atoms with van der Waals surface area (Å²) >= 11 is 0. The number of rotatable bonds is 8. The highest BCUT2D eigenvalue weighted by Crippen LogP contribution is 2.15. The molecule has 24 heavy (non-hydrogen) atoms. The summed E-state index contributed by atoms with van der Waals surface area (Å²) in [6.45, 7) is 11.9. The SMILES string of the molecule is COCc1cccc(NCC(CNC(=O)OC(C)(C)C)C(C)C)c1. The molecular formula is C19H32N2O3. The first-order valence-corrected chi connectivity index (χ1v) is 8.50. The van der Waals surface area contributed by atoms with E-state index in [1.54, 1.807) is 7.11 Å². The van der Waals surface area contributed by atoms with Crippen LogP contribution in [0.1, 0.15) is 40.2 Å². The summed E-state index contributed by atoms with van der Waals surface area (Å²) in [5, 5.41) is 6.32. The first kappa shape index (κ1) is 20.3. The number of carbonyl (C=O) groups is 1. The molecule has 0 spiro atoms. The maximum atomic E-state index is 11.8. The predicted octanol–water partition coefficient (Wildman–Crippen LogP) is 4.04. The van der Waals surface area contributed by atoms with Crippen molar-refractivity contribution < 1.29 is 14.3 Å². The lowest BCUT2D eigenvalue weighted by Crippen LogP contribution is -2.38. The molecule has 0 saturated carbocycles. The van der Waals surface area contributed by atoms with Crippen LogP contribution in [0.3, 0.4) is 0 Å². The maximum absolute atomic E-state index is 11.8. The molecule has 0 aliphatic carbocycles. The third-order valence-electron chi connectivity index (χ3n) is 3.66. The van der Waals surface area contributed by atoms with Crippen LogP contribution in [0, 0.1) is 11.8 Å². The van der Waals surface area contributed by atoms with E-state index in [1.165, 1.54) is 0 Å². The normalized spacial score (nSPS) is 12.8. The zero-order valence-electron chi connectivity index (χ0n) is 15.8. The minimum atomic E-state index is -0.475. The van der Waals surface area contributed by atoms with Crippen molar-refractivity contribution in [1.29, 1.82) is 0 Å². The fourth-order valence-corrected chi connectivity index (χ4v) is 2.26. The van der Waals surface area contributed by atoms with Gasteiger partial charge in [0.25, 0.3) is 0 Å². The third kappa shape index (κ3) is 8.20. The number of ether oxygens (including phenoxy) is 2. The molecule has 0 aromatic heterocycles. The lowest BCUT2D eigenvalue weighted by atomic mass is 9.95. The van der Waals surface area contributed by atoms with Gasteiger partial charge in [0.2, 0.25) is 0 Å². The standard InChI is InChI=1S/C19H32N2O3/c1-14(2)16(12-21-18(22)24-19(3,4)5)11-20-17-9-7-8-15(10-17)13-23-6/h7-10,14,16,20H,11-13H2,1-6H3,(H,21,22). The van der Waals surface area contributed by atoms with E-state index in [9.17, 15) is 4.79 Å². The van der Waals surface area contributed by atoms with Gasteiger partial charge in [-0.2, -0.15) is 0 Å². The number of nitrogens with one attached hydrogen (secondary N) is 2. The van der Waals surface area contributed by atoms with Crippen molar-refractivity contribution in [3.63, 3.8) is 0 Å². The van der Waals surface area contributed by atoms with E-state index in [-0.39, 0.29) is 6.09 Å². The van der Waals surface area contributed by atoms with E-state index in [2.05, 4.69) is 30.5 Å².